The van der Waals surface area contributed by atoms with E-state index in [1.807, 2.05) is 55.7 Å². The van der Waals surface area contributed by atoms with E-state index in [2.05, 4.69) is 38.0 Å². The van der Waals surface area contributed by atoms with E-state index in [9.17, 15) is 4.79 Å². The molecule has 0 aliphatic rings. The number of aryl methyl sites for hydroxylation is 3. The smallest absolute Gasteiger partial charge is 0.234 e. The van der Waals surface area contributed by atoms with Gasteiger partial charge in [0.15, 0.2) is 22.5 Å². The van der Waals surface area contributed by atoms with Crippen molar-refractivity contribution in [1.29, 1.82) is 0 Å². The Bertz CT molecular complexity index is 1160. The van der Waals surface area contributed by atoms with Gasteiger partial charge in [-0.2, -0.15) is 0 Å². The number of carbonyl (C=O) groups is 1. The van der Waals surface area contributed by atoms with Gasteiger partial charge in [0.1, 0.15) is 6.61 Å². The van der Waals surface area contributed by atoms with Gasteiger partial charge < -0.3 is 14.8 Å². The molecule has 2 aromatic carbocycles. The third kappa shape index (κ3) is 6.39. The van der Waals surface area contributed by atoms with Gasteiger partial charge in [-0.05, 0) is 77.7 Å². The maximum atomic E-state index is 12.5. The number of benzene rings is 2. The van der Waals surface area contributed by atoms with Crippen molar-refractivity contribution in [2.45, 2.75) is 39.1 Å². The first kappa shape index (κ1) is 24.9. The Morgan fingerprint density at radius 1 is 1.18 bits per heavy atom. The second kappa shape index (κ2) is 11.4. The van der Waals surface area contributed by atoms with E-state index >= 15 is 0 Å². The van der Waals surface area contributed by atoms with E-state index in [1.165, 1.54) is 11.8 Å². The highest BCUT2D eigenvalue weighted by Gasteiger charge is 2.16. The topological polar surface area (TPSA) is 78.3 Å². The van der Waals surface area contributed by atoms with Gasteiger partial charge in [0, 0.05) is 11.0 Å². The number of hydrogen-bond acceptors (Lipinski definition) is 6. The van der Waals surface area contributed by atoms with Crippen LogP contribution in [0.5, 0.6) is 11.5 Å². The van der Waals surface area contributed by atoms with Gasteiger partial charge in [0.25, 0.3) is 0 Å². The molecule has 0 radical (unpaired) electrons. The Kier molecular flexibility index (Phi) is 8.57. The molecule has 0 bridgehead atoms. The summed E-state index contributed by atoms with van der Waals surface area (Å²) in [5.74, 6) is 2.00. The first-order chi connectivity index (χ1) is 15.8. The molecule has 7 nitrogen and oxygen atoms in total. The average molecular weight is 531 g/mol. The number of nitrogens with one attached hydrogen (secondary N) is 1. The fourth-order valence-corrected chi connectivity index (χ4v) is 4.40. The molecular formula is C24H27BrN4O3S. The Hall–Kier alpha value is -2.78. The zero-order chi connectivity index (χ0) is 24.0. The van der Waals surface area contributed by atoms with E-state index < -0.39 is 0 Å². The summed E-state index contributed by atoms with van der Waals surface area (Å²) in [6, 6.07) is 9.69. The summed E-state index contributed by atoms with van der Waals surface area (Å²) in [7, 11) is 1.61. The second-order valence-electron chi connectivity index (χ2n) is 7.49. The highest BCUT2D eigenvalue weighted by molar-refractivity contribution is 9.10. The number of anilines is 1. The van der Waals surface area contributed by atoms with Crippen LogP contribution in [0.3, 0.4) is 0 Å². The highest BCUT2D eigenvalue weighted by atomic mass is 79.9. The molecule has 174 valence electrons. The Morgan fingerprint density at radius 3 is 2.67 bits per heavy atom. The number of ether oxygens (including phenoxy) is 2. The second-order valence-corrected chi connectivity index (χ2v) is 9.29. The Labute approximate surface area is 206 Å². The van der Waals surface area contributed by atoms with Gasteiger partial charge in [0.05, 0.1) is 18.6 Å². The summed E-state index contributed by atoms with van der Waals surface area (Å²) in [5.41, 5.74) is 4.10. The van der Waals surface area contributed by atoms with Gasteiger partial charge >= 0.3 is 0 Å². The minimum absolute atomic E-state index is 0.126. The van der Waals surface area contributed by atoms with Crippen molar-refractivity contribution in [1.82, 2.24) is 14.8 Å². The predicted molar refractivity (Wildman–Crippen MR) is 135 cm³/mol. The zero-order valence-corrected chi connectivity index (χ0v) is 21.5. The van der Waals surface area contributed by atoms with E-state index in [1.54, 1.807) is 13.2 Å². The molecule has 33 heavy (non-hydrogen) atoms. The van der Waals surface area contributed by atoms with Gasteiger partial charge in [-0.1, -0.05) is 23.9 Å². The number of hydrogen-bond donors (Lipinski definition) is 1. The summed E-state index contributed by atoms with van der Waals surface area (Å²) in [5, 5.41) is 12.1. The van der Waals surface area contributed by atoms with Crippen LogP contribution in [0.4, 0.5) is 5.69 Å². The fourth-order valence-electron chi connectivity index (χ4n) is 3.07. The number of thioether (sulfide) groups is 1. The van der Waals surface area contributed by atoms with Crippen LogP contribution in [0.2, 0.25) is 0 Å². The lowest BCUT2D eigenvalue weighted by atomic mass is 10.1. The van der Waals surface area contributed by atoms with Crippen LogP contribution < -0.4 is 14.8 Å². The van der Waals surface area contributed by atoms with Crippen LogP contribution in [0.25, 0.3) is 0 Å². The zero-order valence-electron chi connectivity index (χ0n) is 19.1. The summed E-state index contributed by atoms with van der Waals surface area (Å²) in [4.78, 5) is 12.5. The molecule has 1 N–H and O–H groups in total. The molecule has 0 atom stereocenters. The number of halogens is 1. The molecule has 0 fully saturated rings. The maximum Gasteiger partial charge on any atom is 0.234 e. The number of aromatic nitrogens is 3. The third-order valence-electron chi connectivity index (χ3n) is 4.97. The average Bonchev–Trinajstić information content (AvgIpc) is 3.16. The molecule has 0 saturated heterocycles. The molecule has 1 aromatic heterocycles. The van der Waals surface area contributed by atoms with E-state index in [4.69, 9.17) is 9.47 Å². The van der Waals surface area contributed by atoms with Crippen molar-refractivity contribution in [2.75, 3.05) is 18.2 Å². The monoisotopic (exact) mass is 530 g/mol. The van der Waals surface area contributed by atoms with Gasteiger partial charge in [-0.25, -0.2) is 0 Å². The number of rotatable bonds is 10. The van der Waals surface area contributed by atoms with E-state index in [0.29, 0.717) is 29.0 Å². The molecule has 1 heterocycles. The Morgan fingerprint density at radius 2 is 1.94 bits per heavy atom. The number of amides is 1. The lowest BCUT2D eigenvalue weighted by molar-refractivity contribution is -0.113. The lowest BCUT2D eigenvalue weighted by Crippen LogP contribution is -2.15. The van der Waals surface area contributed by atoms with Crippen LogP contribution in [0.1, 0.15) is 22.5 Å². The van der Waals surface area contributed by atoms with Crippen molar-refractivity contribution >= 4 is 39.3 Å². The molecule has 9 heteroatoms. The molecule has 0 aliphatic carbocycles. The highest BCUT2D eigenvalue weighted by Crippen LogP contribution is 2.29. The summed E-state index contributed by atoms with van der Waals surface area (Å²) >= 11 is 4.82. The van der Waals surface area contributed by atoms with Gasteiger partial charge in [-0.15, -0.1) is 16.8 Å². The SMILES string of the molecule is C=CCn1c(COc2ccc(C)cc2OC)nnc1SCC(=O)Nc1cc(C)c(C)cc1Br. The van der Waals surface area contributed by atoms with Gasteiger partial charge in [-0.3, -0.25) is 9.36 Å². The predicted octanol–water partition coefficient (Wildman–Crippen LogP) is 5.47. The molecule has 0 saturated carbocycles. The quantitative estimate of drug-likeness (QED) is 0.276. The first-order valence-corrected chi connectivity index (χ1v) is 12.1. The number of allylic oxidation sites excluding steroid dienone is 1. The molecular weight excluding hydrogens is 504 g/mol. The minimum Gasteiger partial charge on any atom is -0.493 e. The molecule has 3 aromatic rings. The first-order valence-electron chi connectivity index (χ1n) is 10.3. The summed E-state index contributed by atoms with van der Waals surface area (Å²) in [6.07, 6.45) is 1.76. The maximum absolute atomic E-state index is 12.5. The van der Waals surface area contributed by atoms with Crippen molar-refractivity contribution < 1.29 is 14.3 Å². The number of methoxy groups -OCH3 is 1. The van der Waals surface area contributed by atoms with Crippen molar-refractivity contribution in [2.24, 2.45) is 0 Å². The van der Waals surface area contributed by atoms with Crippen LogP contribution in [0, 0.1) is 20.8 Å². The lowest BCUT2D eigenvalue weighted by Gasteiger charge is -2.12. The standard InChI is InChI=1S/C24H27BrN4O3S/c1-6-9-29-22(13-32-20-8-7-15(2)10-21(20)31-5)27-28-24(29)33-14-23(30)26-19-12-17(4)16(3)11-18(19)25/h6-8,10-12H,1,9,13-14H2,2-5H3,(H,26,30). The van der Waals surface area contributed by atoms with Crippen molar-refractivity contribution in [3.8, 4) is 11.5 Å². The Balaban J connectivity index is 1.66. The van der Waals surface area contributed by atoms with Crippen LogP contribution in [0.15, 0.2) is 52.6 Å². The van der Waals surface area contributed by atoms with Crippen LogP contribution in [-0.2, 0) is 17.9 Å². The van der Waals surface area contributed by atoms with Gasteiger partial charge in [0.2, 0.25) is 5.91 Å². The molecule has 0 unspecified atom stereocenters. The van der Waals surface area contributed by atoms with E-state index in [-0.39, 0.29) is 18.3 Å². The summed E-state index contributed by atoms with van der Waals surface area (Å²) < 4.78 is 14.1. The van der Waals surface area contributed by atoms with Crippen LogP contribution in [-0.4, -0.2) is 33.5 Å². The third-order valence-corrected chi connectivity index (χ3v) is 6.59. The van der Waals surface area contributed by atoms with Crippen LogP contribution >= 0.6 is 27.7 Å². The number of carbonyl (C=O) groups excluding carboxylic acids is 1. The minimum atomic E-state index is -0.126. The normalized spacial score (nSPS) is 10.7. The molecule has 0 aliphatic heterocycles. The molecule has 0 spiro atoms. The van der Waals surface area contributed by atoms with E-state index in [0.717, 1.165) is 26.9 Å². The van der Waals surface area contributed by atoms with Crippen molar-refractivity contribution in [3.05, 3.63) is 70.0 Å². The largest absolute Gasteiger partial charge is 0.493 e. The summed E-state index contributed by atoms with van der Waals surface area (Å²) in [6.45, 7) is 10.6. The fraction of sp³-hybridized carbons (Fsp3) is 0.292. The molecule has 3 rings (SSSR count). The van der Waals surface area contributed by atoms with Crippen molar-refractivity contribution in [3.63, 3.8) is 0 Å². The molecule has 1 amide bonds. The number of nitrogens with zero attached hydrogens (tertiary/aromatic N) is 3.